The number of fused-ring (bicyclic) bond motifs is 2. The van der Waals surface area contributed by atoms with E-state index in [1.165, 1.54) is 30.7 Å². The molecule has 3 amide bonds. The number of halogens is 4. The monoisotopic (exact) mass is 919 g/mol. The summed E-state index contributed by atoms with van der Waals surface area (Å²) in [6.45, 7) is 4.93. The lowest BCUT2D eigenvalue weighted by Gasteiger charge is -2.47. The first-order chi connectivity index (χ1) is 31.8. The number of likely N-dealkylation sites (tertiary alicyclic amines) is 1. The molecule has 4 aliphatic heterocycles. The number of rotatable bonds is 10. The summed E-state index contributed by atoms with van der Waals surface area (Å²) in [4.78, 5) is 64.0. The predicted molar refractivity (Wildman–Crippen MR) is 234 cm³/mol. The Morgan fingerprint density at radius 3 is 2.45 bits per heavy atom. The van der Waals surface area contributed by atoms with Crippen LogP contribution >= 0.6 is 0 Å². The first kappa shape index (κ1) is 44.0. The summed E-state index contributed by atoms with van der Waals surface area (Å²) in [5, 5.41) is 13.4. The molecule has 2 N–H and O–H groups in total. The molecule has 0 bridgehead atoms. The molecule has 4 saturated heterocycles. The second kappa shape index (κ2) is 17.7. The molecule has 10 rings (SSSR count). The first-order valence-corrected chi connectivity index (χ1v) is 22.8. The average molecular weight is 920 g/mol. The highest BCUT2D eigenvalue weighted by atomic mass is 19.3. The lowest BCUT2D eigenvalue weighted by molar-refractivity contribution is -0.135. The molecule has 5 aromatic rings. The zero-order chi connectivity index (χ0) is 45.9. The fourth-order valence-corrected chi connectivity index (χ4v) is 10.8. The third-order valence-electron chi connectivity index (χ3n) is 14.2. The van der Waals surface area contributed by atoms with Gasteiger partial charge in [-0.1, -0.05) is 6.07 Å². The van der Waals surface area contributed by atoms with Gasteiger partial charge in [-0.15, -0.1) is 0 Å². The molecule has 0 radical (unpaired) electrons. The zero-order valence-electron chi connectivity index (χ0n) is 36.6. The van der Waals surface area contributed by atoms with Crippen LogP contribution in [0, 0.1) is 5.92 Å². The highest BCUT2D eigenvalue weighted by molar-refractivity contribution is 6.08. The maximum Gasteiger partial charge on any atom is 0.329 e. The van der Waals surface area contributed by atoms with Gasteiger partial charge in [-0.25, -0.2) is 31.9 Å². The van der Waals surface area contributed by atoms with Crippen molar-refractivity contribution in [3.05, 3.63) is 64.6 Å². The quantitative estimate of drug-likeness (QED) is 0.154. The minimum Gasteiger partial charge on any atom is -0.378 e. The summed E-state index contributed by atoms with van der Waals surface area (Å²) in [6.07, 6.45) is 4.97. The number of hydrogen-bond donors (Lipinski definition) is 2. The zero-order valence-corrected chi connectivity index (χ0v) is 36.6. The number of amides is 3. The second-order valence-corrected chi connectivity index (χ2v) is 18.2. The highest BCUT2D eigenvalue weighted by Crippen LogP contribution is 2.38. The van der Waals surface area contributed by atoms with Crippen molar-refractivity contribution in [2.24, 2.45) is 13.0 Å². The maximum atomic E-state index is 16.1. The number of carbonyl (C=O) groups excluding carboxylic acids is 3. The molecule has 8 heterocycles. The molecule has 5 aliphatic rings. The van der Waals surface area contributed by atoms with Crippen molar-refractivity contribution in [2.75, 3.05) is 87.2 Å². The normalized spacial score (nSPS) is 24.7. The van der Waals surface area contributed by atoms with Crippen molar-refractivity contribution in [1.29, 1.82) is 0 Å². The molecule has 352 valence electrons. The number of nitrogens with zero attached hydrogens (tertiary/aromatic N) is 11. The van der Waals surface area contributed by atoms with Gasteiger partial charge in [0, 0.05) is 78.2 Å². The van der Waals surface area contributed by atoms with Gasteiger partial charge in [0.15, 0.2) is 11.3 Å². The predicted octanol–water partition coefficient (Wildman–Crippen LogP) is 3.85. The number of ether oxygens (including phenoxy) is 1. The fraction of sp³-hybridized carbons (Fsp3) is 0.568. The van der Waals surface area contributed by atoms with E-state index in [0.717, 1.165) is 18.5 Å². The Hall–Kier alpha value is -5.87. The van der Waals surface area contributed by atoms with Crippen LogP contribution in [0.5, 0.6) is 0 Å². The number of nitrogens with one attached hydrogen (secondary N) is 2. The number of morpholine rings is 1. The third-order valence-corrected chi connectivity index (χ3v) is 14.2. The topological polar surface area (TPSA) is 172 Å². The van der Waals surface area contributed by atoms with Gasteiger partial charge < -0.3 is 19.9 Å². The number of imidazole rings is 1. The summed E-state index contributed by atoms with van der Waals surface area (Å²) in [5.74, 6) is -3.61. The molecule has 5 fully saturated rings. The van der Waals surface area contributed by atoms with Crippen molar-refractivity contribution < 1.29 is 36.7 Å². The summed E-state index contributed by atoms with van der Waals surface area (Å²) in [7, 11) is 1.65. The smallest absolute Gasteiger partial charge is 0.329 e. The van der Waals surface area contributed by atoms with Gasteiger partial charge in [-0.05, 0) is 62.6 Å². The standard InChI is InChI=1S/C44H53F4N13O5/c1-54-38-31(3-2-4-32(38)61(43(54)65)33-9-10-36(62)52-42(33)64)56-15-17-57(18-16-56)34-11-13-55(26-44(34,47)48)24-27-5-7-28(8-6-27)60-25-30(37(53-60)39(45)46)50-41(63)29-23-49-59-14-12-35(51-40(29)59)58-19-21-66-22-20-58/h2-4,12,14,23,25,27-28,33-34,39H,5-11,13,15-22,24,26H2,1H3,(H,50,63)(H,52,62,64)/t27?,28?,33?,34-/m1/s1. The van der Waals surface area contributed by atoms with Crippen molar-refractivity contribution in [3.8, 4) is 0 Å². The van der Waals surface area contributed by atoms with E-state index in [9.17, 15) is 28.0 Å². The van der Waals surface area contributed by atoms with Crippen LogP contribution in [-0.4, -0.2) is 145 Å². The van der Waals surface area contributed by atoms with Gasteiger partial charge in [0.25, 0.3) is 18.3 Å². The van der Waals surface area contributed by atoms with Crippen LogP contribution in [-0.2, 0) is 21.4 Å². The molecule has 66 heavy (non-hydrogen) atoms. The molecule has 2 atom stereocenters. The number of anilines is 3. The van der Waals surface area contributed by atoms with E-state index >= 15 is 8.78 Å². The van der Waals surface area contributed by atoms with Crippen LogP contribution in [0.25, 0.3) is 16.7 Å². The van der Waals surface area contributed by atoms with E-state index in [-0.39, 0.29) is 54.2 Å². The van der Waals surface area contributed by atoms with Crippen LogP contribution in [0.3, 0.4) is 0 Å². The van der Waals surface area contributed by atoms with Gasteiger partial charge in [-0.2, -0.15) is 10.2 Å². The molecule has 0 spiro atoms. The molecule has 18 nitrogen and oxygen atoms in total. The first-order valence-electron chi connectivity index (χ1n) is 22.8. The Labute approximate surface area is 376 Å². The largest absolute Gasteiger partial charge is 0.378 e. The number of carbonyl (C=O) groups is 3. The lowest BCUT2D eigenvalue weighted by Crippen LogP contribution is -2.62. The minimum atomic E-state index is -2.94. The number of aryl methyl sites for hydroxylation is 1. The maximum absolute atomic E-state index is 16.1. The number of aromatic nitrogens is 7. The Morgan fingerprint density at radius 1 is 0.955 bits per heavy atom. The Bertz CT molecular complexity index is 2690. The molecule has 4 aromatic heterocycles. The highest BCUT2D eigenvalue weighted by Gasteiger charge is 2.48. The summed E-state index contributed by atoms with van der Waals surface area (Å²) >= 11 is 0. The molecule has 1 unspecified atom stereocenters. The van der Waals surface area contributed by atoms with Crippen LogP contribution in [0.15, 0.2) is 47.7 Å². The van der Waals surface area contributed by atoms with E-state index in [4.69, 9.17) is 4.74 Å². The Morgan fingerprint density at radius 2 is 1.73 bits per heavy atom. The second-order valence-electron chi connectivity index (χ2n) is 18.2. The van der Waals surface area contributed by atoms with Crippen molar-refractivity contribution in [1.82, 2.24) is 48.6 Å². The number of piperidine rings is 2. The van der Waals surface area contributed by atoms with E-state index in [0.29, 0.717) is 107 Å². The minimum absolute atomic E-state index is 0.0849. The van der Waals surface area contributed by atoms with Crippen molar-refractivity contribution in [2.45, 2.75) is 75.4 Å². The summed E-state index contributed by atoms with van der Waals surface area (Å²) in [5.41, 5.74) is 1.49. The molecular weight excluding hydrogens is 867 g/mol. The van der Waals surface area contributed by atoms with E-state index in [1.54, 1.807) is 25.4 Å². The number of imide groups is 1. The summed E-state index contributed by atoms with van der Waals surface area (Å²) < 4.78 is 72.1. The Balaban J connectivity index is 0.728. The van der Waals surface area contributed by atoms with Gasteiger partial charge >= 0.3 is 5.69 Å². The molecule has 1 aromatic carbocycles. The van der Waals surface area contributed by atoms with Crippen LogP contribution in [0.2, 0.25) is 0 Å². The van der Waals surface area contributed by atoms with Crippen LogP contribution in [0.1, 0.15) is 79.5 Å². The Kier molecular flexibility index (Phi) is 11.8. The van der Waals surface area contributed by atoms with Gasteiger partial charge in [0.05, 0.1) is 60.4 Å². The van der Waals surface area contributed by atoms with Crippen LogP contribution in [0.4, 0.5) is 34.8 Å². The van der Waals surface area contributed by atoms with Crippen LogP contribution < -0.4 is 26.1 Å². The number of para-hydroxylation sites is 1. The molecular formula is C44H53F4N13O5. The van der Waals surface area contributed by atoms with E-state index < -0.39 is 41.9 Å². The van der Waals surface area contributed by atoms with Crippen molar-refractivity contribution in [3.63, 3.8) is 0 Å². The van der Waals surface area contributed by atoms with E-state index in [1.807, 2.05) is 26.8 Å². The van der Waals surface area contributed by atoms with Gasteiger partial charge in [0.2, 0.25) is 11.8 Å². The van der Waals surface area contributed by atoms with Gasteiger partial charge in [-0.3, -0.25) is 43.3 Å². The molecule has 1 saturated carbocycles. The molecule has 22 heteroatoms. The number of benzene rings is 1. The van der Waals surface area contributed by atoms with Crippen molar-refractivity contribution >= 4 is 51.6 Å². The van der Waals surface area contributed by atoms with Gasteiger partial charge in [0.1, 0.15) is 17.4 Å². The number of alkyl halides is 4. The number of hydrogen-bond acceptors (Lipinski definition) is 12. The number of piperazine rings is 1. The van der Waals surface area contributed by atoms with E-state index in [2.05, 4.69) is 30.7 Å². The lowest BCUT2D eigenvalue weighted by atomic mass is 9.85. The summed E-state index contributed by atoms with van der Waals surface area (Å²) in [6, 6.07) is 5.42. The average Bonchev–Trinajstić information content (AvgIpc) is 4.01. The third kappa shape index (κ3) is 8.31. The molecule has 1 aliphatic carbocycles. The fourth-order valence-electron chi connectivity index (χ4n) is 10.8. The SMILES string of the molecule is Cn1c(=O)n(C2CCC(=O)NC2=O)c2cccc(N3CCN([C@@H]4CCN(CC5CCC(n6cc(NC(=O)c7cnn8ccc(N9CCOCC9)nc78)c(C(F)F)n6)CC5)CC4(F)F)CC3)c21.